The molecule has 2 amide bonds. The van der Waals surface area contributed by atoms with Gasteiger partial charge in [-0.1, -0.05) is 19.1 Å². The highest BCUT2D eigenvalue weighted by molar-refractivity contribution is 5.95. The Balaban J connectivity index is 1.57. The highest BCUT2D eigenvalue weighted by atomic mass is 16.2. The van der Waals surface area contributed by atoms with Crippen molar-refractivity contribution >= 4 is 23.1 Å². The van der Waals surface area contributed by atoms with Crippen molar-refractivity contribution < 1.29 is 9.59 Å². The molecule has 7 nitrogen and oxygen atoms in total. The second-order valence-corrected chi connectivity index (χ2v) is 7.29. The Hall–Kier alpha value is -3.22. The molecule has 28 heavy (non-hydrogen) atoms. The van der Waals surface area contributed by atoms with Gasteiger partial charge in [-0.3, -0.25) is 14.0 Å². The summed E-state index contributed by atoms with van der Waals surface area (Å²) in [6, 6.07) is 11.1. The van der Waals surface area contributed by atoms with Crippen LogP contribution in [0.3, 0.4) is 0 Å². The molecule has 0 spiro atoms. The van der Waals surface area contributed by atoms with E-state index in [-0.39, 0.29) is 23.8 Å². The molecule has 1 aliphatic rings. The first-order valence-electron chi connectivity index (χ1n) is 9.62. The number of carbonyl (C=O) groups excluding carboxylic acids is 2. The van der Waals surface area contributed by atoms with Crippen molar-refractivity contribution in [3.05, 3.63) is 48.2 Å². The predicted molar refractivity (Wildman–Crippen MR) is 107 cm³/mol. The van der Waals surface area contributed by atoms with Crippen LogP contribution in [0.2, 0.25) is 0 Å². The summed E-state index contributed by atoms with van der Waals surface area (Å²) in [6.45, 7) is 4.01. The Labute approximate surface area is 163 Å². The minimum atomic E-state index is -0.0860. The summed E-state index contributed by atoms with van der Waals surface area (Å²) >= 11 is 0. The van der Waals surface area contributed by atoms with Crippen molar-refractivity contribution in [3.8, 4) is 11.4 Å². The monoisotopic (exact) mass is 377 g/mol. The summed E-state index contributed by atoms with van der Waals surface area (Å²) in [4.78, 5) is 24.3. The smallest absolute Gasteiger partial charge is 0.251 e. The number of rotatable bonds is 6. The minimum absolute atomic E-state index is 0.0608. The lowest BCUT2D eigenvalue weighted by molar-refractivity contribution is -0.117. The summed E-state index contributed by atoms with van der Waals surface area (Å²) < 4.78 is 1.84. The van der Waals surface area contributed by atoms with Crippen LogP contribution >= 0.6 is 0 Å². The largest absolute Gasteiger partial charge is 0.350 e. The molecule has 1 unspecified atom stereocenters. The highest BCUT2D eigenvalue weighted by Crippen LogP contribution is 2.30. The fourth-order valence-electron chi connectivity index (χ4n) is 2.93. The van der Waals surface area contributed by atoms with Gasteiger partial charge < -0.3 is 10.6 Å². The SMILES string of the molecule is CCC(C)NC(=O)c1ccc(-c2nnc3ccc(NC(=O)C4CC4)cn23)cc1. The van der Waals surface area contributed by atoms with Gasteiger partial charge in [-0.05, 0) is 50.5 Å². The average Bonchev–Trinajstić information content (AvgIpc) is 3.48. The molecule has 3 aromatic rings. The maximum absolute atomic E-state index is 12.2. The van der Waals surface area contributed by atoms with Gasteiger partial charge >= 0.3 is 0 Å². The number of anilines is 1. The van der Waals surface area contributed by atoms with Gasteiger partial charge in [0.05, 0.1) is 5.69 Å². The van der Waals surface area contributed by atoms with E-state index in [9.17, 15) is 9.59 Å². The molecule has 2 aromatic heterocycles. The lowest BCUT2D eigenvalue weighted by atomic mass is 10.1. The Kier molecular flexibility index (Phi) is 4.81. The van der Waals surface area contributed by atoms with E-state index in [1.54, 1.807) is 12.1 Å². The van der Waals surface area contributed by atoms with Gasteiger partial charge in [0.25, 0.3) is 5.91 Å². The first-order valence-corrected chi connectivity index (χ1v) is 9.62. The first kappa shape index (κ1) is 18.2. The zero-order valence-electron chi connectivity index (χ0n) is 16.0. The van der Waals surface area contributed by atoms with E-state index in [0.29, 0.717) is 17.0 Å². The van der Waals surface area contributed by atoms with E-state index < -0.39 is 0 Å². The molecule has 144 valence electrons. The number of aromatic nitrogens is 3. The van der Waals surface area contributed by atoms with Gasteiger partial charge in [0, 0.05) is 29.3 Å². The molecule has 1 aliphatic carbocycles. The zero-order chi connectivity index (χ0) is 19.7. The van der Waals surface area contributed by atoms with Crippen molar-refractivity contribution in [2.75, 3.05) is 5.32 Å². The number of hydrogen-bond acceptors (Lipinski definition) is 4. The van der Waals surface area contributed by atoms with Crippen LogP contribution in [0.5, 0.6) is 0 Å². The number of nitrogens with one attached hydrogen (secondary N) is 2. The van der Waals surface area contributed by atoms with Crippen molar-refractivity contribution in [1.29, 1.82) is 0 Å². The van der Waals surface area contributed by atoms with Crippen LogP contribution in [0.25, 0.3) is 17.0 Å². The maximum Gasteiger partial charge on any atom is 0.251 e. The van der Waals surface area contributed by atoms with Gasteiger partial charge in [-0.25, -0.2) is 0 Å². The predicted octanol–water partition coefficient (Wildman–Crippen LogP) is 3.27. The van der Waals surface area contributed by atoms with Crippen molar-refractivity contribution in [2.24, 2.45) is 5.92 Å². The summed E-state index contributed by atoms with van der Waals surface area (Å²) in [5, 5.41) is 14.4. The Bertz CT molecular complexity index is 1020. The standard InChI is InChI=1S/C21H23N5O2/c1-3-13(2)22-20(27)15-6-4-14(5-7-15)19-25-24-18-11-10-17(12-26(18)19)23-21(28)16-8-9-16/h4-7,10-13,16H,3,8-9H2,1-2H3,(H,22,27)(H,23,28). The van der Waals surface area contributed by atoms with Crippen LogP contribution in [0.4, 0.5) is 5.69 Å². The van der Waals surface area contributed by atoms with Crippen LogP contribution in [0, 0.1) is 5.92 Å². The van der Waals surface area contributed by atoms with Crippen LogP contribution < -0.4 is 10.6 Å². The molecule has 0 radical (unpaired) electrons. The second kappa shape index (κ2) is 7.42. The third kappa shape index (κ3) is 3.74. The number of amides is 2. The van der Waals surface area contributed by atoms with Gasteiger partial charge in [0.2, 0.25) is 5.91 Å². The summed E-state index contributed by atoms with van der Waals surface area (Å²) in [7, 11) is 0. The molecule has 0 aliphatic heterocycles. The van der Waals surface area contributed by atoms with E-state index >= 15 is 0 Å². The average molecular weight is 377 g/mol. The van der Waals surface area contributed by atoms with Gasteiger partial charge in [0.1, 0.15) is 0 Å². The summed E-state index contributed by atoms with van der Waals surface area (Å²) in [5.41, 5.74) is 2.86. The van der Waals surface area contributed by atoms with E-state index in [1.807, 2.05) is 48.7 Å². The molecule has 0 saturated heterocycles. The quantitative estimate of drug-likeness (QED) is 0.690. The van der Waals surface area contributed by atoms with Crippen LogP contribution in [-0.2, 0) is 4.79 Å². The number of carbonyl (C=O) groups is 2. The zero-order valence-corrected chi connectivity index (χ0v) is 16.0. The van der Waals surface area contributed by atoms with E-state index in [4.69, 9.17) is 0 Å². The summed E-state index contributed by atoms with van der Waals surface area (Å²) in [6.07, 6.45) is 4.63. The Morgan fingerprint density at radius 1 is 1.14 bits per heavy atom. The molecule has 1 atom stereocenters. The third-order valence-corrected chi connectivity index (χ3v) is 5.01. The molecule has 1 fully saturated rings. The number of fused-ring (bicyclic) bond motifs is 1. The third-order valence-electron chi connectivity index (χ3n) is 5.01. The Morgan fingerprint density at radius 3 is 2.57 bits per heavy atom. The second-order valence-electron chi connectivity index (χ2n) is 7.29. The lowest BCUT2D eigenvalue weighted by Crippen LogP contribution is -2.31. The number of hydrogen-bond donors (Lipinski definition) is 2. The molecular formula is C21H23N5O2. The summed E-state index contributed by atoms with van der Waals surface area (Å²) in [5.74, 6) is 0.777. The minimum Gasteiger partial charge on any atom is -0.350 e. The number of nitrogens with zero attached hydrogens (tertiary/aromatic N) is 3. The molecule has 4 rings (SSSR count). The maximum atomic E-state index is 12.2. The van der Waals surface area contributed by atoms with Crippen molar-refractivity contribution in [1.82, 2.24) is 19.9 Å². The lowest BCUT2D eigenvalue weighted by Gasteiger charge is -2.11. The fraction of sp³-hybridized carbons (Fsp3) is 0.333. The highest BCUT2D eigenvalue weighted by Gasteiger charge is 2.29. The molecule has 1 aromatic carbocycles. The van der Waals surface area contributed by atoms with Gasteiger partial charge in [-0.15, -0.1) is 10.2 Å². The van der Waals surface area contributed by atoms with Crippen molar-refractivity contribution in [3.63, 3.8) is 0 Å². The fourth-order valence-corrected chi connectivity index (χ4v) is 2.93. The van der Waals surface area contributed by atoms with Crippen LogP contribution in [-0.4, -0.2) is 32.5 Å². The Morgan fingerprint density at radius 2 is 1.89 bits per heavy atom. The number of benzene rings is 1. The van der Waals surface area contributed by atoms with E-state index in [0.717, 1.165) is 30.5 Å². The molecule has 7 heteroatoms. The normalized spacial score (nSPS) is 14.6. The molecule has 2 N–H and O–H groups in total. The van der Waals surface area contributed by atoms with Gasteiger partial charge in [-0.2, -0.15) is 0 Å². The van der Waals surface area contributed by atoms with Crippen molar-refractivity contribution in [2.45, 2.75) is 39.2 Å². The first-order chi connectivity index (χ1) is 13.5. The molecule has 1 saturated carbocycles. The molecule has 2 heterocycles. The number of pyridine rings is 1. The van der Waals surface area contributed by atoms with E-state index in [1.165, 1.54) is 0 Å². The van der Waals surface area contributed by atoms with Crippen LogP contribution in [0.1, 0.15) is 43.5 Å². The van der Waals surface area contributed by atoms with E-state index in [2.05, 4.69) is 20.8 Å². The topological polar surface area (TPSA) is 88.4 Å². The molecular weight excluding hydrogens is 354 g/mol. The van der Waals surface area contributed by atoms with Gasteiger partial charge in [0.15, 0.2) is 11.5 Å². The van der Waals surface area contributed by atoms with Crippen LogP contribution in [0.15, 0.2) is 42.6 Å². The molecule has 0 bridgehead atoms.